The van der Waals surface area contributed by atoms with Gasteiger partial charge in [0.15, 0.2) is 11.4 Å². The highest BCUT2D eigenvalue weighted by atomic mass is 32.1. The third-order valence-corrected chi connectivity index (χ3v) is 4.28. The summed E-state index contributed by atoms with van der Waals surface area (Å²) in [6.07, 6.45) is 0.313. The van der Waals surface area contributed by atoms with Gasteiger partial charge in [-0.25, -0.2) is 0 Å². The van der Waals surface area contributed by atoms with Gasteiger partial charge in [-0.2, -0.15) is 0 Å². The average Bonchev–Trinajstić information content (AvgIpc) is 2.98. The molecule has 4 N–H and O–H groups in total. The first-order valence-corrected chi connectivity index (χ1v) is 9.05. The first-order valence-electron chi connectivity index (χ1n) is 8.64. The maximum Gasteiger partial charge on any atom is 0.242 e. The molecule has 1 amide bonds. The lowest BCUT2D eigenvalue weighted by Gasteiger charge is -2.24. The Morgan fingerprint density at radius 3 is 2.68 bits per heavy atom. The normalized spacial score (nSPS) is 21.0. The van der Waals surface area contributed by atoms with Gasteiger partial charge in [0.25, 0.3) is 0 Å². The van der Waals surface area contributed by atoms with Gasteiger partial charge in [-0.3, -0.25) is 4.79 Å². The number of nitrogens with one attached hydrogen (secondary N) is 3. The van der Waals surface area contributed by atoms with Crippen LogP contribution in [-0.2, 0) is 16.1 Å². The molecule has 0 radical (unpaired) electrons. The number of thiocarbonyl (C=S) groups is 1. The Kier molecular flexibility index (Phi) is 7.61. The van der Waals surface area contributed by atoms with Gasteiger partial charge in [0.05, 0.1) is 12.6 Å². The van der Waals surface area contributed by atoms with E-state index in [0.29, 0.717) is 37.0 Å². The molecule has 0 spiro atoms. The van der Waals surface area contributed by atoms with E-state index < -0.39 is 12.3 Å². The monoisotopic (exact) mass is 365 g/mol. The molecule has 1 aromatic rings. The van der Waals surface area contributed by atoms with Crippen molar-refractivity contribution in [2.45, 2.75) is 51.6 Å². The highest BCUT2D eigenvalue weighted by Crippen LogP contribution is 2.12. The number of ether oxygens (including phenoxy) is 1. The second kappa shape index (κ2) is 9.70. The molecule has 0 saturated carbocycles. The van der Waals surface area contributed by atoms with Crippen LogP contribution in [0.1, 0.15) is 32.3 Å². The van der Waals surface area contributed by atoms with E-state index in [4.69, 9.17) is 17.0 Å². The Bertz CT molecular complexity index is 568. The standard InChI is InChI=1S/C18H27N3O3S/c1-12(2)10-15(16(22)20-14-8-9-24-17(14)23)21-18(25)19-11-13-6-4-3-5-7-13/h3-7,12,14-15,17,23H,8-11H2,1-2H3,(H,20,22)(H2,19,21,25)/t14-,15-,17?/m0/s1. The van der Waals surface area contributed by atoms with Crippen molar-refractivity contribution in [2.75, 3.05) is 6.61 Å². The fourth-order valence-electron chi connectivity index (χ4n) is 2.69. The van der Waals surface area contributed by atoms with E-state index in [0.717, 1.165) is 5.56 Å². The van der Waals surface area contributed by atoms with Crippen molar-refractivity contribution in [2.24, 2.45) is 5.92 Å². The molecular weight excluding hydrogens is 338 g/mol. The van der Waals surface area contributed by atoms with E-state index >= 15 is 0 Å². The highest BCUT2D eigenvalue weighted by Gasteiger charge is 2.30. The summed E-state index contributed by atoms with van der Waals surface area (Å²) in [6, 6.07) is 9.10. The number of carbonyl (C=O) groups is 1. The van der Waals surface area contributed by atoms with Crippen LogP contribution in [0.2, 0.25) is 0 Å². The number of hydrogen-bond acceptors (Lipinski definition) is 4. The molecule has 1 heterocycles. The van der Waals surface area contributed by atoms with Crippen molar-refractivity contribution in [3.05, 3.63) is 35.9 Å². The third kappa shape index (κ3) is 6.61. The number of amides is 1. The van der Waals surface area contributed by atoms with Gasteiger partial charge in [-0.1, -0.05) is 44.2 Å². The number of rotatable bonds is 7. The maximum atomic E-state index is 12.6. The summed E-state index contributed by atoms with van der Waals surface area (Å²) in [6.45, 7) is 5.15. The van der Waals surface area contributed by atoms with Gasteiger partial charge in [0, 0.05) is 6.54 Å². The van der Waals surface area contributed by atoms with E-state index in [2.05, 4.69) is 29.8 Å². The fraction of sp³-hybridized carbons (Fsp3) is 0.556. The summed E-state index contributed by atoms with van der Waals surface area (Å²) >= 11 is 5.33. The van der Waals surface area contributed by atoms with Crippen molar-refractivity contribution < 1.29 is 14.6 Å². The predicted octanol–water partition coefficient (Wildman–Crippen LogP) is 1.29. The molecule has 1 aliphatic rings. The SMILES string of the molecule is CC(C)C[C@H](NC(=S)NCc1ccccc1)C(=O)N[C@H]1CCOC1O. The minimum atomic E-state index is -0.938. The summed E-state index contributed by atoms with van der Waals surface area (Å²) in [7, 11) is 0. The van der Waals surface area contributed by atoms with Crippen LogP contribution in [0.3, 0.4) is 0 Å². The molecule has 25 heavy (non-hydrogen) atoms. The molecule has 7 heteroatoms. The maximum absolute atomic E-state index is 12.6. The minimum Gasteiger partial charge on any atom is -0.366 e. The van der Waals surface area contributed by atoms with Crippen LogP contribution in [0.5, 0.6) is 0 Å². The second-order valence-corrected chi connectivity index (χ2v) is 7.07. The number of aliphatic hydroxyl groups excluding tert-OH is 1. The minimum absolute atomic E-state index is 0.174. The van der Waals surface area contributed by atoms with E-state index in [-0.39, 0.29) is 11.9 Å². The summed E-state index contributed by atoms with van der Waals surface area (Å²) in [5, 5.41) is 19.2. The number of hydrogen-bond donors (Lipinski definition) is 4. The topological polar surface area (TPSA) is 82.6 Å². The first kappa shape index (κ1) is 19.6. The number of aliphatic hydroxyl groups is 1. The molecule has 1 aromatic carbocycles. The smallest absolute Gasteiger partial charge is 0.242 e. The van der Waals surface area contributed by atoms with Crippen LogP contribution >= 0.6 is 12.2 Å². The Labute approximate surface area is 154 Å². The second-order valence-electron chi connectivity index (χ2n) is 6.66. The van der Waals surface area contributed by atoms with Gasteiger partial charge in [0.2, 0.25) is 5.91 Å². The molecule has 3 atom stereocenters. The van der Waals surface area contributed by atoms with Crippen molar-refractivity contribution in [1.82, 2.24) is 16.0 Å². The zero-order valence-corrected chi connectivity index (χ0v) is 15.5. The van der Waals surface area contributed by atoms with E-state index in [1.807, 2.05) is 30.3 Å². The van der Waals surface area contributed by atoms with Gasteiger partial charge in [-0.15, -0.1) is 0 Å². The lowest BCUT2D eigenvalue weighted by atomic mass is 10.0. The molecule has 0 aromatic heterocycles. The fourth-order valence-corrected chi connectivity index (χ4v) is 2.91. The summed E-state index contributed by atoms with van der Waals surface area (Å²) in [5.74, 6) is 0.150. The molecule has 0 aliphatic carbocycles. The van der Waals surface area contributed by atoms with Crippen molar-refractivity contribution in [3.8, 4) is 0 Å². The quantitative estimate of drug-likeness (QED) is 0.545. The molecule has 2 rings (SSSR count). The average molecular weight is 365 g/mol. The van der Waals surface area contributed by atoms with Gasteiger partial charge >= 0.3 is 0 Å². The Balaban J connectivity index is 1.87. The molecule has 1 unspecified atom stereocenters. The van der Waals surface area contributed by atoms with Crippen molar-refractivity contribution >= 4 is 23.2 Å². The predicted molar refractivity (Wildman–Crippen MR) is 101 cm³/mol. The lowest BCUT2D eigenvalue weighted by molar-refractivity contribution is -0.127. The first-order chi connectivity index (χ1) is 12.0. The lowest BCUT2D eigenvalue weighted by Crippen LogP contribution is -2.53. The third-order valence-electron chi connectivity index (χ3n) is 4.01. The van der Waals surface area contributed by atoms with Gasteiger partial charge in [-0.05, 0) is 36.5 Å². The number of carbonyl (C=O) groups excluding carboxylic acids is 1. The van der Waals surface area contributed by atoms with Crippen LogP contribution < -0.4 is 16.0 Å². The molecule has 1 saturated heterocycles. The number of benzene rings is 1. The van der Waals surface area contributed by atoms with E-state index in [9.17, 15) is 9.90 Å². The molecule has 0 bridgehead atoms. The zero-order valence-electron chi connectivity index (χ0n) is 14.7. The van der Waals surface area contributed by atoms with Crippen molar-refractivity contribution in [3.63, 3.8) is 0 Å². The Morgan fingerprint density at radius 1 is 1.36 bits per heavy atom. The summed E-state index contributed by atoms with van der Waals surface area (Å²) in [5.41, 5.74) is 1.11. The molecule has 1 fully saturated rings. The highest BCUT2D eigenvalue weighted by molar-refractivity contribution is 7.80. The molecule has 6 nitrogen and oxygen atoms in total. The summed E-state index contributed by atoms with van der Waals surface area (Å²) < 4.78 is 5.08. The van der Waals surface area contributed by atoms with Crippen LogP contribution in [-0.4, -0.2) is 41.1 Å². The largest absolute Gasteiger partial charge is 0.366 e. The van der Waals surface area contributed by atoms with Crippen LogP contribution in [0.15, 0.2) is 30.3 Å². The van der Waals surface area contributed by atoms with E-state index in [1.165, 1.54) is 0 Å². The zero-order chi connectivity index (χ0) is 18.2. The van der Waals surface area contributed by atoms with Gasteiger partial charge in [0.1, 0.15) is 6.04 Å². The van der Waals surface area contributed by atoms with Crippen LogP contribution in [0.25, 0.3) is 0 Å². The Hall–Kier alpha value is -1.70. The Morgan fingerprint density at radius 2 is 2.08 bits per heavy atom. The van der Waals surface area contributed by atoms with Gasteiger partial charge < -0.3 is 25.8 Å². The molecular formula is C18H27N3O3S. The summed E-state index contributed by atoms with van der Waals surface area (Å²) in [4.78, 5) is 12.6. The molecule has 138 valence electrons. The van der Waals surface area contributed by atoms with Crippen LogP contribution in [0.4, 0.5) is 0 Å². The van der Waals surface area contributed by atoms with Crippen molar-refractivity contribution in [1.29, 1.82) is 0 Å². The van der Waals surface area contributed by atoms with E-state index in [1.54, 1.807) is 0 Å². The molecule has 1 aliphatic heterocycles. The van der Waals surface area contributed by atoms with Crippen LogP contribution in [0, 0.1) is 5.92 Å².